The summed E-state index contributed by atoms with van der Waals surface area (Å²) in [5.74, 6) is -0.0787. The average Bonchev–Trinajstić information content (AvgIpc) is 2.53. The van der Waals surface area contributed by atoms with Gasteiger partial charge in [0.05, 0.1) is 12.4 Å². The van der Waals surface area contributed by atoms with E-state index in [2.05, 4.69) is 10.2 Å². The fourth-order valence-corrected chi connectivity index (χ4v) is 0.955. The quantitative estimate of drug-likeness (QED) is 0.601. The van der Waals surface area contributed by atoms with Gasteiger partial charge in [-0.1, -0.05) is 0 Å². The number of nitrogens with zero attached hydrogens (tertiary/aromatic N) is 4. The molecule has 0 unspecified atom stereocenters. The fraction of sp³-hybridized carbons (Fsp3) is 0. The van der Waals surface area contributed by atoms with Gasteiger partial charge in [0.15, 0.2) is 5.75 Å². The molecule has 2 aromatic rings. The predicted octanol–water partition coefficient (Wildman–Crippen LogP) is 0.307. The molecule has 0 aliphatic heterocycles. The Balaban J connectivity index is 2.89. The largest absolute Gasteiger partial charge is 0.504 e. The summed E-state index contributed by atoms with van der Waals surface area (Å²) in [6, 6.07) is 3.41. The van der Waals surface area contributed by atoms with Crippen molar-refractivity contribution in [1.29, 1.82) is 5.26 Å². The molecule has 2 heterocycles. The summed E-state index contributed by atoms with van der Waals surface area (Å²) < 4.78 is 1.26. The summed E-state index contributed by atoms with van der Waals surface area (Å²) >= 11 is 0. The predicted molar refractivity (Wildman–Crippen MR) is 39.4 cm³/mol. The van der Waals surface area contributed by atoms with Crippen LogP contribution in [0.1, 0.15) is 5.56 Å². The van der Waals surface area contributed by atoms with Gasteiger partial charge in [0.2, 0.25) is 0 Å². The lowest BCUT2D eigenvalue weighted by Crippen LogP contribution is -1.94. The van der Waals surface area contributed by atoms with Crippen molar-refractivity contribution >= 4 is 5.52 Å². The second-order valence-electron chi connectivity index (χ2n) is 2.22. The van der Waals surface area contributed by atoms with Crippen molar-refractivity contribution in [3.05, 3.63) is 24.0 Å². The zero-order chi connectivity index (χ0) is 8.55. The van der Waals surface area contributed by atoms with E-state index >= 15 is 0 Å². The Morgan fingerprint density at radius 1 is 1.50 bits per heavy atom. The van der Waals surface area contributed by atoms with Crippen molar-refractivity contribution in [3.8, 4) is 11.8 Å². The van der Waals surface area contributed by atoms with Crippen LogP contribution in [-0.2, 0) is 0 Å². The van der Waals surface area contributed by atoms with Gasteiger partial charge in [0.25, 0.3) is 0 Å². The highest BCUT2D eigenvalue weighted by molar-refractivity contribution is 5.63. The Hall–Kier alpha value is -2.09. The third-order valence-electron chi connectivity index (χ3n) is 1.54. The van der Waals surface area contributed by atoms with E-state index in [0.717, 1.165) is 0 Å². The Morgan fingerprint density at radius 3 is 3.08 bits per heavy atom. The zero-order valence-electron chi connectivity index (χ0n) is 5.97. The Bertz CT molecular complexity index is 468. The maximum Gasteiger partial charge on any atom is 0.162 e. The molecular weight excluding hydrogens is 156 g/mol. The molecule has 0 aliphatic rings. The van der Waals surface area contributed by atoms with E-state index < -0.39 is 0 Å². The van der Waals surface area contributed by atoms with E-state index in [1.165, 1.54) is 17.0 Å². The van der Waals surface area contributed by atoms with Crippen LogP contribution in [0.5, 0.6) is 5.75 Å². The van der Waals surface area contributed by atoms with Crippen LogP contribution in [0.4, 0.5) is 0 Å². The normalized spacial score (nSPS) is 9.92. The lowest BCUT2D eigenvalue weighted by atomic mass is 10.3. The van der Waals surface area contributed by atoms with E-state index in [1.54, 1.807) is 6.07 Å². The van der Waals surface area contributed by atoms with E-state index in [4.69, 9.17) is 5.26 Å². The number of aromatic hydroxyl groups is 1. The summed E-state index contributed by atoms with van der Waals surface area (Å²) in [5.41, 5.74) is 0.594. The Labute approximate surface area is 67.5 Å². The van der Waals surface area contributed by atoms with Gasteiger partial charge in [-0.3, -0.25) is 0 Å². The molecule has 0 saturated heterocycles. The molecule has 0 fully saturated rings. The summed E-state index contributed by atoms with van der Waals surface area (Å²) in [6.45, 7) is 0. The first-order chi connectivity index (χ1) is 5.83. The van der Waals surface area contributed by atoms with Crippen LogP contribution in [0.2, 0.25) is 0 Å². The van der Waals surface area contributed by atoms with Crippen LogP contribution in [0, 0.1) is 11.3 Å². The van der Waals surface area contributed by atoms with Gasteiger partial charge >= 0.3 is 0 Å². The van der Waals surface area contributed by atoms with Crippen LogP contribution in [-0.4, -0.2) is 19.9 Å². The molecule has 0 spiro atoms. The van der Waals surface area contributed by atoms with E-state index in [-0.39, 0.29) is 11.3 Å². The van der Waals surface area contributed by atoms with Crippen molar-refractivity contribution < 1.29 is 5.11 Å². The topological polar surface area (TPSA) is 74.2 Å². The fourth-order valence-electron chi connectivity index (χ4n) is 0.955. The Kier molecular flexibility index (Phi) is 1.21. The molecule has 0 bridgehead atoms. The number of fused-ring (bicyclic) bond motifs is 1. The lowest BCUT2D eigenvalue weighted by Gasteiger charge is -1.96. The summed E-state index contributed by atoms with van der Waals surface area (Å²) in [7, 11) is 0. The summed E-state index contributed by atoms with van der Waals surface area (Å²) in [5, 5.41) is 25.5. The van der Waals surface area contributed by atoms with Crippen LogP contribution in [0.25, 0.3) is 5.52 Å². The smallest absolute Gasteiger partial charge is 0.162 e. The molecule has 58 valence electrons. The maximum atomic E-state index is 9.42. The molecule has 2 rings (SSSR count). The molecule has 0 amide bonds. The summed E-state index contributed by atoms with van der Waals surface area (Å²) in [6.07, 6.45) is 2.78. The maximum absolute atomic E-state index is 9.42. The number of hydrogen-bond acceptors (Lipinski definition) is 4. The van der Waals surface area contributed by atoms with Crippen molar-refractivity contribution in [2.45, 2.75) is 0 Å². The molecule has 5 heteroatoms. The Morgan fingerprint density at radius 2 is 2.33 bits per heavy atom. The second kappa shape index (κ2) is 2.20. The van der Waals surface area contributed by atoms with Crippen LogP contribution in [0.15, 0.2) is 18.5 Å². The first kappa shape index (κ1) is 6.61. The summed E-state index contributed by atoms with van der Waals surface area (Å²) in [4.78, 5) is 0. The zero-order valence-corrected chi connectivity index (χ0v) is 5.97. The SMILES string of the molecule is N#Cc1cnn2nccc2c1O. The molecule has 0 atom stereocenters. The number of hydrogen-bond donors (Lipinski definition) is 1. The standard InChI is InChI=1S/C7H4N4O/c8-3-5-4-10-11-6(7(5)12)1-2-9-11/h1-2,4,12H. The minimum Gasteiger partial charge on any atom is -0.504 e. The molecule has 0 aliphatic carbocycles. The molecule has 12 heavy (non-hydrogen) atoms. The van der Waals surface area contributed by atoms with Gasteiger partial charge in [0, 0.05) is 0 Å². The third-order valence-corrected chi connectivity index (χ3v) is 1.54. The van der Waals surface area contributed by atoms with Crippen molar-refractivity contribution in [3.63, 3.8) is 0 Å². The number of nitriles is 1. The molecule has 0 saturated carbocycles. The molecular formula is C7H4N4O. The van der Waals surface area contributed by atoms with E-state index in [9.17, 15) is 5.11 Å². The van der Waals surface area contributed by atoms with Crippen LogP contribution >= 0.6 is 0 Å². The van der Waals surface area contributed by atoms with Crippen molar-refractivity contribution in [1.82, 2.24) is 14.8 Å². The average molecular weight is 160 g/mol. The van der Waals surface area contributed by atoms with Crippen molar-refractivity contribution in [2.24, 2.45) is 0 Å². The lowest BCUT2D eigenvalue weighted by molar-refractivity contribution is 0.473. The second-order valence-corrected chi connectivity index (χ2v) is 2.22. The molecule has 2 aromatic heterocycles. The highest BCUT2D eigenvalue weighted by Gasteiger charge is 2.06. The van der Waals surface area contributed by atoms with Crippen LogP contribution < -0.4 is 0 Å². The highest BCUT2D eigenvalue weighted by Crippen LogP contribution is 2.20. The van der Waals surface area contributed by atoms with Gasteiger partial charge in [-0.15, -0.1) is 4.63 Å². The highest BCUT2D eigenvalue weighted by atomic mass is 16.3. The first-order valence-electron chi connectivity index (χ1n) is 3.25. The van der Waals surface area contributed by atoms with Gasteiger partial charge in [-0.05, 0) is 6.07 Å². The van der Waals surface area contributed by atoms with Crippen molar-refractivity contribution in [2.75, 3.05) is 0 Å². The van der Waals surface area contributed by atoms with E-state index in [0.29, 0.717) is 5.52 Å². The molecule has 0 aromatic carbocycles. The molecule has 0 radical (unpaired) electrons. The van der Waals surface area contributed by atoms with Gasteiger partial charge in [0.1, 0.15) is 17.1 Å². The number of aromatic nitrogens is 3. The van der Waals surface area contributed by atoms with Crippen LogP contribution in [0.3, 0.4) is 0 Å². The minimum atomic E-state index is -0.0787. The van der Waals surface area contributed by atoms with E-state index in [1.807, 2.05) is 6.07 Å². The van der Waals surface area contributed by atoms with Gasteiger partial charge < -0.3 is 5.11 Å². The number of rotatable bonds is 0. The first-order valence-corrected chi connectivity index (χ1v) is 3.25. The minimum absolute atomic E-state index is 0.0787. The molecule has 5 nitrogen and oxygen atoms in total. The van der Waals surface area contributed by atoms with Gasteiger partial charge in [-0.2, -0.15) is 15.5 Å². The molecule has 1 N–H and O–H groups in total. The third kappa shape index (κ3) is 0.720. The van der Waals surface area contributed by atoms with Gasteiger partial charge in [-0.25, -0.2) is 0 Å². The monoisotopic (exact) mass is 160 g/mol.